The van der Waals surface area contributed by atoms with Crippen LogP contribution in [0.4, 0.5) is 4.39 Å². The maximum Gasteiger partial charge on any atom is 0.181 e. The fourth-order valence-electron chi connectivity index (χ4n) is 2.51. The van der Waals surface area contributed by atoms with Crippen molar-refractivity contribution in [2.75, 3.05) is 6.54 Å². The van der Waals surface area contributed by atoms with E-state index in [0.29, 0.717) is 12.8 Å². The molecule has 0 spiro atoms. The summed E-state index contributed by atoms with van der Waals surface area (Å²) >= 11 is 0. The lowest BCUT2D eigenvalue weighted by molar-refractivity contribution is 0.537. The van der Waals surface area contributed by atoms with Crippen LogP contribution in [0.25, 0.3) is 0 Å². The first-order valence-corrected chi connectivity index (χ1v) is 7.81. The summed E-state index contributed by atoms with van der Waals surface area (Å²) in [5.41, 5.74) is 0. The maximum atomic E-state index is 12.8. The molecule has 100 valence electrons. The summed E-state index contributed by atoms with van der Waals surface area (Å²) < 4.78 is 37.5. The zero-order valence-electron chi connectivity index (χ0n) is 10.4. The molecule has 0 saturated heterocycles. The first-order valence-electron chi connectivity index (χ1n) is 6.27. The van der Waals surface area contributed by atoms with Gasteiger partial charge in [0.25, 0.3) is 0 Å². The topological polar surface area (TPSA) is 46.2 Å². The SMILES string of the molecule is CCNC1CCC(S(=O)(=O)c2ccc(F)cc2)C1. The van der Waals surface area contributed by atoms with Crippen molar-refractivity contribution in [1.29, 1.82) is 0 Å². The largest absolute Gasteiger partial charge is 0.314 e. The third-order valence-corrected chi connectivity index (χ3v) is 5.69. The molecule has 1 aliphatic carbocycles. The molecule has 1 aromatic rings. The number of halogens is 1. The van der Waals surface area contributed by atoms with Crippen LogP contribution in [0.1, 0.15) is 26.2 Å². The summed E-state index contributed by atoms with van der Waals surface area (Å²) in [5.74, 6) is -0.411. The van der Waals surface area contributed by atoms with Crippen LogP contribution in [-0.4, -0.2) is 26.3 Å². The molecular formula is C13H18FNO2S. The predicted octanol–water partition coefficient (Wildman–Crippen LogP) is 2.13. The monoisotopic (exact) mass is 271 g/mol. The normalized spacial score (nSPS) is 24.3. The molecule has 2 atom stereocenters. The van der Waals surface area contributed by atoms with Crippen molar-refractivity contribution in [2.24, 2.45) is 0 Å². The van der Waals surface area contributed by atoms with Gasteiger partial charge in [0.05, 0.1) is 10.1 Å². The number of hydrogen-bond acceptors (Lipinski definition) is 3. The predicted molar refractivity (Wildman–Crippen MR) is 68.7 cm³/mol. The molecule has 0 aromatic heterocycles. The van der Waals surface area contributed by atoms with Crippen molar-refractivity contribution in [3.63, 3.8) is 0 Å². The number of benzene rings is 1. The molecule has 5 heteroatoms. The van der Waals surface area contributed by atoms with Crippen LogP contribution in [-0.2, 0) is 9.84 Å². The number of rotatable bonds is 4. The van der Waals surface area contributed by atoms with Crippen molar-refractivity contribution >= 4 is 9.84 Å². The second kappa shape index (κ2) is 5.36. The Bertz CT molecular complexity index is 498. The van der Waals surface area contributed by atoms with E-state index in [0.717, 1.165) is 13.0 Å². The van der Waals surface area contributed by atoms with E-state index in [2.05, 4.69) is 5.32 Å². The molecule has 1 aromatic carbocycles. The van der Waals surface area contributed by atoms with Gasteiger partial charge in [0.2, 0.25) is 0 Å². The van der Waals surface area contributed by atoms with Gasteiger partial charge in [-0.2, -0.15) is 0 Å². The third kappa shape index (κ3) is 2.72. The Morgan fingerprint density at radius 3 is 2.56 bits per heavy atom. The molecule has 2 unspecified atom stereocenters. The van der Waals surface area contributed by atoms with E-state index in [9.17, 15) is 12.8 Å². The lowest BCUT2D eigenvalue weighted by atomic mass is 10.2. The van der Waals surface area contributed by atoms with Gasteiger partial charge in [-0.1, -0.05) is 6.92 Å². The molecule has 2 rings (SSSR count). The lowest BCUT2D eigenvalue weighted by Gasteiger charge is -2.13. The van der Waals surface area contributed by atoms with Crippen LogP contribution in [0.2, 0.25) is 0 Å². The molecule has 0 amide bonds. The highest BCUT2D eigenvalue weighted by atomic mass is 32.2. The van der Waals surface area contributed by atoms with Gasteiger partial charge in [-0.05, 0) is 50.1 Å². The zero-order valence-corrected chi connectivity index (χ0v) is 11.2. The second-order valence-electron chi connectivity index (χ2n) is 4.69. The minimum absolute atomic E-state index is 0.228. The van der Waals surface area contributed by atoms with Crippen LogP contribution in [0.15, 0.2) is 29.2 Å². The summed E-state index contributed by atoms with van der Waals surface area (Å²) in [6.45, 7) is 2.87. The van der Waals surface area contributed by atoms with E-state index >= 15 is 0 Å². The highest BCUT2D eigenvalue weighted by Gasteiger charge is 2.34. The van der Waals surface area contributed by atoms with E-state index < -0.39 is 15.7 Å². The summed E-state index contributed by atoms with van der Waals surface area (Å²) in [6, 6.07) is 5.39. The fourth-order valence-corrected chi connectivity index (χ4v) is 4.35. The van der Waals surface area contributed by atoms with Crippen molar-refractivity contribution < 1.29 is 12.8 Å². The number of sulfone groups is 1. The Morgan fingerprint density at radius 2 is 1.94 bits per heavy atom. The molecule has 1 N–H and O–H groups in total. The molecule has 0 bridgehead atoms. The Kier molecular flexibility index (Phi) is 4.02. The molecule has 1 saturated carbocycles. The molecule has 0 radical (unpaired) electrons. The molecule has 0 heterocycles. The molecule has 1 fully saturated rings. The van der Waals surface area contributed by atoms with Gasteiger partial charge >= 0.3 is 0 Å². The first kappa shape index (κ1) is 13.5. The van der Waals surface area contributed by atoms with Gasteiger partial charge in [0, 0.05) is 6.04 Å². The summed E-state index contributed by atoms with van der Waals surface area (Å²) in [7, 11) is -3.31. The van der Waals surface area contributed by atoms with Crippen LogP contribution >= 0.6 is 0 Å². The highest BCUT2D eigenvalue weighted by molar-refractivity contribution is 7.92. The van der Waals surface area contributed by atoms with Gasteiger partial charge in [0.1, 0.15) is 5.82 Å². The Morgan fingerprint density at radius 1 is 1.28 bits per heavy atom. The summed E-state index contributed by atoms with van der Waals surface area (Å²) in [5, 5.41) is 2.94. The van der Waals surface area contributed by atoms with E-state index in [1.54, 1.807) is 0 Å². The van der Waals surface area contributed by atoms with E-state index in [-0.39, 0.29) is 16.2 Å². The van der Waals surface area contributed by atoms with E-state index in [1.807, 2.05) is 6.92 Å². The maximum absolute atomic E-state index is 12.8. The van der Waals surface area contributed by atoms with Gasteiger partial charge in [-0.15, -0.1) is 0 Å². The lowest BCUT2D eigenvalue weighted by Crippen LogP contribution is -2.28. The van der Waals surface area contributed by atoms with Crippen LogP contribution in [0.5, 0.6) is 0 Å². The van der Waals surface area contributed by atoms with Crippen molar-refractivity contribution in [3.05, 3.63) is 30.1 Å². The third-order valence-electron chi connectivity index (χ3n) is 3.46. The van der Waals surface area contributed by atoms with Gasteiger partial charge in [-0.25, -0.2) is 12.8 Å². The van der Waals surface area contributed by atoms with Crippen molar-refractivity contribution in [3.8, 4) is 0 Å². The number of hydrogen-bond donors (Lipinski definition) is 1. The molecular weight excluding hydrogens is 253 g/mol. The van der Waals surface area contributed by atoms with E-state index in [4.69, 9.17) is 0 Å². The molecule has 18 heavy (non-hydrogen) atoms. The van der Waals surface area contributed by atoms with Crippen molar-refractivity contribution in [1.82, 2.24) is 5.32 Å². The van der Waals surface area contributed by atoms with Gasteiger partial charge in [0.15, 0.2) is 9.84 Å². The van der Waals surface area contributed by atoms with Crippen LogP contribution < -0.4 is 5.32 Å². The molecule has 0 aliphatic heterocycles. The van der Waals surface area contributed by atoms with Crippen LogP contribution in [0.3, 0.4) is 0 Å². The minimum atomic E-state index is -3.31. The Hall–Kier alpha value is -0.940. The standard InChI is InChI=1S/C13H18FNO2S/c1-2-15-11-5-8-13(9-11)18(16,17)12-6-3-10(14)4-7-12/h3-4,6-7,11,13,15H,2,5,8-9H2,1H3. The van der Waals surface area contributed by atoms with Crippen molar-refractivity contribution in [2.45, 2.75) is 42.4 Å². The fraction of sp³-hybridized carbons (Fsp3) is 0.538. The second-order valence-corrected chi connectivity index (χ2v) is 6.92. The Balaban J connectivity index is 2.15. The quantitative estimate of drug-likeness (QED) is 0.853. The van der Waals surface area contributed by atoms with Crippen LogP contribution in [0, 0.1) is 5.82 Å². The molecule has 3 nitrogen and oxygen atoms in total. The van der Waals surface area contributed by atoms with Gasteiger partial charge in [-0.3, -0.25) is 0 Å². The summed E-state index contributed by atoms with van der Waals surface area (Å²) in [6.07, 6.45) is 2.21. The zero-order chi connectivity index (χ0) is 13.2. The first-order chi connectivity index (χ1) is 8.54. The molecule has 1 aliphatic rings. The average Bonchev–Trinajstić information content (AvgIpc) is 2.79. The summed E-state index contributed by atoms with van der Waals surface area (Å²) in [4.78, 5) is 0.228. The number of nitrogens with one attached hydrogen (secondary N) is 1. The minimum Gasteiger partial charge on any atom is -0.314 e. The van der Waals surface area contributed by atoms with E-state index in [1.165, 1.54) is 24.3 Å². The average molecular weight is 271 g/mol. The highest BCUT2D eigenvalue weighted by Crippen LogP contribution is 2.30. The van der Waals surface area contributed by atoms with Gasteiger partial charge < -0.3 is 5.32 Å². The smallest absolute Gasteiger partial charge is 0.181 e. The Labute approximate surface area is 107 Å².